The fourth-order valence-corrected chi connectivity index (χ4v) is 5.09. The molecular formula is C20H30N6O2S. The van der Waals surface area contributed by atoms with E-state index in [1.807, 2.05) is 11.1 Å². The minimum atomic E-state index is -4.02. The molecule has 1 aliphatic heterocycles. The van der Waals surface area contributed by atoms with Crippen LogP contribution >= 0.6 is 0 Å². The molecule has 2 N–H and O–H groups in total. The van der Waals surface area contributed by atoms with Gasteiger partial charge in [0.05, 0.1) is 5.69 Å². The van der Waals surface area contributed by atoms with Crippen LogP contribution in [0.3, 0.4) is 0 Å². The van der Waals surface area contributed by atoms with Crippen molar-refractivity contribution in [1.82, 2.24) is 15.2 Å². The maximum absolute atomic E-state index is 13.1. The van der Waals surface area contributed by atoms with Crippen LogP contribution in [0.25, 0.3) is 0 Å². The number of hydrogen-bond acceptors (Lipinski definition) is 5. The average molecular weight is 419 g/mol. The summed E-state index contributed by atoms with van der Waals surface area (Å²) in [6.07, 6.45) is 15.8. The van der Waals surface area contributed by atoms with Gasteiger partial charge in [-0.1, -0.05) is 32.1 Å². The number of pyridine rings is 1. The van der Waals surface area contributed by atoms with Gasteiger partial charge in [0, 0.05) is 31.5 Å². The summed E-state index contributed by atoms with van der Waals surface area (Å²) < 4.78 is 30.2. The number of piperidine rings is 1. The first-order valence-electron chi connectivity index (χ1n) is 10.6. The van der Waals surface area contributed by atoms with Crippen molar-refractivity contribution in [2.45, 2.75) is 75.1 Å². The number of nitriles is 1. The summed E-state index contributed by atoms with van der Waals surface area (Å²) in [6, 6.07) is 1.94. The number of nitrogens with one attached hydrogen (secondary N) is 2. The van der Waals surface area contributed by atoms with Crippen LogP contribution in [-0.2, 0) is 10.0 Å². The first kappa shape index (κ1) is 21.4. The van der Waals surface area contributed by atoms with Crippen molar-refractivity contribution in [3.8, 4) is 6.19 Å². The van der Waals surface area contributed by atoms with Crippen LogP contribution in [-0.4, -0.2) is 43.4 Å². The molecule has 29 heavy (non-hydrogen) atoms. The second kappa shape index (κ2) is 10.4. The summed E-state index contributed by atoms with van der Waals surface area (Å²) in [5, 5.41) is 14.9. The lowest BCUT2D eigenvalue weighted by Gasteiger charge is -2.28. The van der Waals surface area contributed by atoms with Crippen LogP contribution < -0.4 is 10.6 Å². The number of guanidine groups is 1. The van der Waals surface area contributed by atoms with E-state index in [2.05, 4.69) is 20.0 Å². The Morgan fingerprint density at radius 1 is 1.10 bits per heavy atom. The third kappa shape index (κ3) is 6.07. The molecule has 158 valence electrons. The van der Waals surface area contributed by atoms with Crippen molar-refractivity contribution < 1.29 is 8.42 Å². The van der Waals surface area contributed by atoms with Gasteiger partial charge >= 0.3 is 0 Å². The minimum absolute atomic E-state index is 0.0521. The van der Waals surface area contributed by atoms with E-state index in [1.54, 1.807) is 12.3 Å². The number of anilines is 1. The Morgan fingerprint density at radius 2 is 1.76 bits per heavy atom. The third-order valence-corrected chi connectivity index (χ3v) is 6.85. The van der Waals surface area contributed by atoms with E-state index >= 15 is 0 Å². The predicted octanol–water partition coefficient (Wildman–Crippen LogP) is 3.21. The monoisotopic (exact) mass is 418 g/mol. The molecule has 0 amide bonds. The highest BCUT2D eigenvalue weighted by Crippen LogP contribution is 2.26. The largest absolute Gasteiger partial charge is 0.381 e. The zero-order chi connectivity index (χ0) is 20.5. The van der Waals surface area contributed by atoms with Crippen molar-refractivity contribution in [2.75, 3.05) is 18.4 Å². The van der Waals surface area contributed by atoms with Gasteiger partial charge in [0.25, 0.3) is 10.0 Å². The van der Waals surface area contributed by atoms with Crippen LogP contribution in [0, 0.1) is 11.5 Å². The van der Waals surface area contributed by atoms with Crippen molar-refractivity contribution in [1.29, 1.82) is 5.26 Å². The summed E-state index contributed by atoms with van der Waals surface area (Å²) in [6.45, 7) is 1.37. The molecule has 3 rings (SSSR count). The van der Waals surface area contributed by atoms with E-state index in [0.29, 0.717) is 18.8 Å². The number of nitrogens with zero attached hydrogens (tertiary/aromatic N) is 4. The smallest absolute Gasteiger partial charge is 0.289 e. The second-order valence-electron chi connectivity index (χ2n) is 7.73. The van der Waals surface area contributed by atoms with Crippen molar-refractivity contribution >= 4 is 21.7 Å². The highest BCUT2D eigenvalue weighted by molar-refractivity contribution is 7.90. The van der Waals surface area contributed by atoms with Crippen LogP contribution in [0.4, 0.5) is 5.69 Å². The molecule has 2 heterocycles. The van der Waals surface area contributed by atoms with Gasteiger partial charge in [-0.05, 0) is 38.2 Å². The number of aromatic nitrogens is 1. The SMILES string of the molecule is N#CN/C(=N\S(=O)(=O)c1cnccc1NC1CCCCCCC1)N1CCCCC1. The summed E-state index contributed by atoms with van der Waals surface area (Å²) >= 11 is 0. The Kier molecular flexibility index (Phi) is 7.69. The quantitative estimate of drug-likeness (QED) is 0.334. The summed E-state index contributed by atoms with van der Waals surface area (Å²) in [5.41, 5.74) is 0.532. The van der Waals surface area contributed by atoms with Gasteiger partial charge in [0.2, 0.25) is 5.96 Å². The number of rotatable bonds is 4. The molecule has 0 aromatic carbocycles. The lowest BCUT2D eigenvalue weighted by molar-refractivity contribution is 0.336. The fraction of sp³-hybridized carbons (Fsp3) is 0.650. The zero-order valence-corrected chi connectivity index (χ0v) is 17.6. The standard InChI is InChI=1S/C20H30N6O2S/c21-16-23-20(26-13-7-4-8-14-26)25-29(27,28)19-15-22-12-11-18(19)24-17-9-5-2-1-3-6-10-17/h11-12,15,17H,1-10,13-14H2,(H,22,24)(H,23,25). The second-order valence-corrected chi connectivity index (χ2v) is 9.31. The van der Waals surface area contributed by atoms with Crippen LogP contribution in [0.5, 0.6) is 0 Å². The number of likely N-dealkylation sites (tertiary alicyclic amines) is 1. The topological polar surface area (TPSA) is 110 Å². The Labute approximate surface area is 173 Å². The van der Waals surface area contributed by atoms with Gasteiger partial charge in [-0.3, -0.25) is 10.3 Å². The molecule has 0 unspecified atom stereocenters. The molecule has 1 aromatic heterocycles. The summed E-state index contributed by atoms with van der Waals surface area (Å²) in [5.74, 6) is 0.0907. The van der Waals surface area contributed by atoms with Gasteiger partial charge in [-0.2, -0.15) is 13.7 Å². The average Bonchev–Trinajstić information content (AvgIpc) is 2.70. The molecular weight excluding hydrogens is 388 g/mol. The molecule has 8 nitrogen and oxygen atoms in total. The van der Waals surface area contributed by atoms with Crippen LogP contribution in [0.15, 0.2) is 27.8 Å². The molecule has 2 fully saturated rings. The molecule has 0 bridgehead atoms. The first-order valence-corrected chi connectivity index (χ1v) is 12.0. The number of hydrogen-bond donors (Lipinski definition) is 2. The molecule has 1 aliphatic carbocycles. The maximum atomic E-state index is 13.1. The first-order chi connectivity index (χ1) is 14.1. The zero-order valence-electron chi connectivity index (χ0n) is 16.8. The third-order valence-electron chi connectivity index (χ3n) is 5.56. The normalized spacial score (nSPS) is 19.7. The van der Waals surface area contributed by atoms with Gasteiger partial charge in [0.1, 0.15) is 4.90 Å². The van der Waals surface area contributed by atoms with Crippen LogP contribution in [0.1, 0.15) is 64.2 Å². The molecule has 0 spiro atoms. The molecule has 0 atom stereocenters. The molecule has 2 aliphatic rings. The van der Waals surface area contributed by atoms with Crippen molar-refractivity contribution in [3.05, 3.63) is 18.5 Å². The summed E-state index contributed by atoms with van der Waals surface area (Å²) in [4.78, 5) is 5.89. The van der Waals surface area contributed by atoms with Gasteiger partial charge in [0.15, 0.2) is 6.19 Å². The molecule has 1 saturated heterocycles. The Bertz CT molecular complexity index is 835. The molecule has 9 heteroatoms. The lowest BCUT2D eigenvalue weighted by Crippen LogP contribution is -2.42. The van der Waals surface area contributed by atoms with E-state index in [4.69, 9.17) is 5.26 Å². The Morgan fingerprint density at radius 3 is 2.45 bits per heavy atom. The van der Waals surface area contributed by atoms with E-state index in [0.717, 1.165) is 44.9 Å². The molecule has 0 radical (unpaired) electrons. The van der Waals surface area contributed by atoms with Gasteiger partial charge in [-0.25, -0.2) is 0 Å². The van der Waals surface area contributed by atoms with Crippen molar-refractivity contribution in [3.63, 3.8) is 0 Å². The van der Waals surface area contributed by atoms with E-state index in [9.17, 15) is 8.42 Å². The van der Waals surface area contributed by atoms with Gasteiger partial charge in [-0.15, -0.1) is 4.40 Å². The lowest BCUT2D eigenvalue weighted by atomic mass is 9.96. The van der Waals surface area contributed by atoms with E-state index in [-0.39, 0.29) is 16.9 Å². The number of sulfonamides is 1. The summed E-state index contributed by atoms with van der Waals surface area (Å²) in [7, 11) is -4.02. The Hall–Kier alpha value is -2.34. The highest BCUT2D eigenvalue weighted by Gasteiger charge is 2.24. The van der Waals surface area contributed by atoms with E-state index < -0.39 is 10.0 Å². The molecule has 1 saturated carbocycles. The molecule has 1 aromatic rings. The fourth-order valence-electron chi connectivity index (χ4n) is 4.00. The highest BCUT2D eigenvalue weighted by atomic mass is 32.2. The maximum Gasteiger partial charge on any atom is 0.289 e. The minimum Gasteiger partial charge on any atom is -0.381 e. The predicted molar refractivity (Wildman–Crippen MR) is 113 cm³/mol. The van der Waals surface area contributed by atoms with Crippen molar-refractivity contribution in [2.24, 2.45) is 4.40 Å². The van der Waals surface area contributed by atoms with Gasteiger partial charge < -0.3 is 10.2 Å². The van der Waals surface area contributed by atoms with Crippen LogP contribution in [0.2, 0.25) is 0 Å². The Balaban J connectivity index is 1.84. The van der Waals surface area contributed by atoms with E-state index in [1.165, 1.54) is 25.5 Å².